The summed E-state index contributed by atoms with van der Waals surface area (Å²) in [6, 6.07) is 10.6. The highest BCUT2D eigenvalue weighted by atomic mass is 35.5. The average molecular weight is 268 g/mol. The average Bonchev–Trinajstić information content (AvgIpc) is 2.27. The Bertz CT molecular complexity index is 555. The third kappa shape index (κ3) is 2.84. The van der Waals surface area contributed by atoms with E-state index >= 15 is 0 Å². The Hall–Kier alpha value is -1.38. The first-order valence-corrected chi connectivity index (χ1v) is 5.81. The summed E-state index contributed by atoms with van der Waals surface area (Å²) < 4.78 is 5.66. The zero-order valence-corrected chi connectivity index (χ0v) is 10.7. The maximum Gasteiger partial charge on any atom is 0.150 e. The van der Waals surface area contributed by atoms with E-state index in [4.69, 9.17) is 33.7 Å². The summed E-state index contributed by atoms with van der Waals surface area (Å²) in [6.45, 7) is 1.97. The van der Waals surface area contributed by atoms with Crippen LogP contribution in [0, 0.1) is 6.92 Å². The van der Waals surface area contributed by atoms with Crippen molar-refractivity contribution in [1.82, 2.24) is 0 Å². The quantitative estimate of drug-likeness (QED) is 0.803. The summed E-state index contributed by atoms with van der Waals surface area (Å²) >= 11 is 11.9. The molecule has 17 heavy (non-hydrogen) atoms. The van der Waals surface area contributed by atoms with Crippen molar-refractivity contribution in [3.8, 4) is 11.5 Å². The smallest absolute Gasteiger partial charge is 0.150 e. The van der Waals surface area contributed by atoms with Crippen LogP contribution in [0.4, 0.5) is 5.69 Å². The highest BCUT2D eigenvalue weighted by Crippen LogP contribution is 2.34. The number of aryl methyl sites for hydroxylation is 1. The Morgan fingerprint density at radius 2 is 1.76 bits per heavy atom. The van der Waals surface area contributed by atoms with Gasteiger partial charge in [0.25, 0.3) is 0 Å². The molecule has 0 radical (unpaired) electrons. The second kappa shape index (κ2) is 4.86. The number of rotatable bonds is 2. The lowest BCUT2D eigenvalue weighted by Crippen LogP contribution is -1.92. The molecule has 0 bridgehead atoms. The predicted molar refractivity (Wildman–Crippen MR) is 72.1 cm³/mol. The van der Waals surface area contributed by atoms with E-state index in [9.17, 15) is 0 Å². The molecule has 2 N–H and O–H groups in total. The molecule has 0 unspecified atom stereocenters. The highest BCUT2D eigenvalue weighted by molar-refractivity contribution is 6.32. The third-order valence-electron chi connectivity index (χ3n) is 2.28. The van der Waals surface area contributed by atoms with E-state index in [-0.39, 0.29) is 0 Å². The van der Waals surface area contributed by atoms with Gasteiger partial charge in [-0.1, -0.05) is 29.3 Å². The van der Waals surface area contributed by atoms with Gasteiger partial charge in [0.2, 0.25) is 0 Å². The monoisotopic (exact) mass is 267 g/mol. The summed E-state index contributed by atoms with van der Waals surface area (Å²) in [5.41, 5.74) is 7.35. The number of hydrogen-bond donors (Lipinski definition) is 1. The van der Waals surface area contributed by atoms with Crippen LogP contribution in [0.15, 0.2) is 36.4 Å². The molecular formula is C13H11Cl2NO. The molecule has 0 aromatic heterocycles. The van der Waals surface area contributed by atoms with Gasteiger partial charge in [0.05, 0.1) is 10.7 Å². The molecule has 0 amide bonds. The van der Waals surface area contributed by atoms with Gasteiger partial charge in [0.15, 0.2) is 0 Å². The molecule has 0 atom stereocenters. The van der Waals surface area contributed by atoms with Crippen LogP contribution in [0.5, 0.6) is 11.5 Å². The van der Waals surface area contributed by atoms with E-state index in [1.54, 1.807) is 24.3 Å². The molecule has 0 aliphatic rings. The summed E-state index contributed by atoms with van der Waals surface area (Å²) in [6.07, 6.45) is 0. The standard InChI is InChI=1S/C13H11Cl2NO/c1-8-2-4-10(15)13(6-8)17-12-5-3-9(14)7-11(12)16/h2-7H,16H2,1H3. The first-order valence-electron chi connectivity index (χ1n) is 5.05. The van der Waals surface area contributed by atoms with Crippen molar-refractivity contribution in [3.63, 3.8) is 0 Å². The number of benzene rings is 2. The Labute approximate surface area is 110 Å². The lowest BCUT2D eigenvalue weighted by molar-refractivity contribution is 0.485. The minimum absolute atomic E-state index is 0.482. The van der Waals surface area contributed by atoms with Crippen LogP contribution in [0.3, 0.4) is 0 Å². The molecule has 2 aromatic carbocycles. The van der Waals surface area contributed by atoms with Crippen LogP contribution >= 0.6 is 23.2 Å². The second-order valence-corrected chi connectivity index (χ2v) is 4.56. The summed E-state index contributed by atoms with van der Waals surface area (Å²) in [5, 5.41) is 1.12. The minimum atomic E-state index is 0.482. The zero-order valence-electron chi connectivity index (χ0n) is 9.21. The van der Waals surface area contributed by atoms with Crippen LogP contribution in [0.1, 0.15) is 5.56 Å². The molecule has 4 heteroatoms. The number of halogens is 2. The number of ether oxygens (including phenoxy) is 1. The summed E-state index contributed by atoms with van der Waals surface area (Å²) in [4.78, 5) is 0. The van der Waals surface area contributed by atoms with Crippen molar-refractivity contribution in [1.29, 1.82) is 0 Å². The molecule has 0 aliphatic heterocycles. The van der Waals surface area contributed by atoms with E-state index in [1.165, 1.54) is 0 Å². The maximum absolute atomic E-state index is 6.04. The first-order chi connectivity index (χ1) is 8.06. The fourth-order valence-electron chi connectivity index (χ4n) is 1.42. The van der Waals surface area contributed by atoms with Crippen molar-refractivity contribution >= 4 is 28.9 Å². The van der Waals surface area contributed by atoms with Crippen molar-refractivity contribution in [3.05, 3.63) is 52.0 Å². The van der Waals surface area contributed by atoms with Gasteiger partial charge in [-0.2, -0.15) is 0 Å². The van der Waals surface area contributed by atoms with Crippen LogP contribution in [0.25, 0.3) is 0 Å². The van der Waals surface area contributed by atoms with Crippen molar-refractivity contribution in [2.45, 2.75) is 6.92 Å². The molecule has 0 spiro atoms. The highest BCUT2D eigenvalue weighted by Gasteiger charge is 2.06. The number of anilines is 1. The molecule has 0 aliphatic carbocycles. The molecule has 0 fully saturated rings. The van der Waals surface area contributed by atoms with Crippen LogP contribution in [-0.2, 0) is 0 Å². The number of nitrogens with two attached hydrogens (primary N) is 1. The topological polar surface area (TPSA) is 35.2 Å². The van der Waals surface area contributed by atoms with Crippen LogP contribution in [-0.4, -0.2) is 0 Å². The van der Waals surface area contributed by atoms with Crippen LogP contribution in [0.2, 0.25) is 10.0 Å². The minimum Gasteiger partial charge on any atom is -0.454 e. The Kier molecular flexibility index (Phi) is 3.46. The molecular weight excluding hydrogens is 257 g/mol. The van der Waals surface area contributed by atoms with Gasteiger partial charge in [-0.15, -0.1) is 0 Å². The van der Waals surface area contributed by atoms with Gasteiger partial charge in [0, 0.05) is 5.02 Å². The van der Waals surface area contributed by atoms with Gasteiger partial charge in [0.1, 0.15) is 11.5 Å². The zero-order chi connectivity index (χ0) is 12.4. The second-order valence-electron chi connectivity index (χ2n) is 3.72. The summed E-state index contributed by atoms with van der Waals surface area (Å²) in [7, 11) is 0. The molecule has 2 aromatic rings. The lowest BCUT2D eigenvalue weighted by Gasteiger charge is -2.10. The van der Waals surface area contributed by atoms with Crippen molar-refractivity contribution < 1.29 is 4.74 Å². The van der Waals surface area contributed by atoms with Gasteiger partial charge < -0.3 is 10.5 Å². The normalized spacial score (nSPS) is 10.3. The third-order valence-corrected chi connectivity index (χ3v) is 2.83. The van der Waals surface area contributed by atoms with E-state index < -0.39 is 0 Å². The van der Waals surface area contributed by atoms with Gasteiger partial charge in [-0.25, -0.2) is 0 Å². The van der Waals surface area contributed by atoms with Gasteiger partial charge in [-0.05, 0) is 42.8 Å². The predicted octanol–water partition coefficient (Wildman–Crippen LogP) is 4.68. The molecule has 2 nitrogen and oxygen atoms in total. The van der Waals surface area contributed by atoms with Gasteiger partial charge in [-0.3, -0.25) is 0 Å². The van der Waals surface area contributed by atoms with Crippen LogP contribution < -0.4 is 10.5 Å². The largest absolute Gasteiger partial charge is 0.454 e. The van der Waals surface area contributed by atoms with Crippen molar-refractivity contribution in [2.24, 2.45) is 0 Å². The Morgan fingerprint density at radius 3 is 2.47 bits per heavy atom. The van der Waals surface area contributed by atoms with E-state index in [1.807, 2.05) is 19.1 Å². The lowest BCUT2D eigenvalue weighted by atomic mass is 10.2. The summed E-state index contributed by atoms with van der Waals surface area (Å²) in [5.74, 6) is 1.13. The molecule has 2 rings (SSSR count). The SMILES string of the molecule is Cc1ccc(Cl)c(Oc2ccc(Cl)cc2N)c1. The Balaban J connectivity index is 2.34. The number of nitrogen functional groups attached to an aromatic ring is 1. The number of hydrogen-bond acceptors (Lipinski definition) is 2. The maximum atomic E-state index is 6.04. The van der Waals surface area contributed by atoms with E-state index in [0.29, 0.717) is 27.2 Å². The first kappa shape index (κ1) is 12.1. The van der Waals surface area contributed by atoms with E-state index in [0.717, 1.165) is 5.56 Å². The molecule has 88 valence electrons. The molecule has 0 saturated carbocycles. The molecule has 0 heterocycles. The van der Waals surface area contributed by atoms with E-state index in [2.05, 4.69) is 0 Å². The Morgan fingerprint density at radius 1 is 1.00 bits per heavy atom. The van der Waals surface area contributed by atoms with Gasteiger partial charge >= 0.3 is 0 Å². The van der Waals surface area contributed by atoms with Crippen molar-refractivity contribution in [2.75, 3.05) is 5.73 Å². The molecule has 0 saturated heterocycles. The fourth-order valence-corrected chi connectivity index (χ4v) is 1.76. The fraction of sp³-hybridized carbons (Fsp3) is 0.0769.